The molecule has 0 fully saturated rings. The number of thiazole rings is 2. The summed E-state index contributed by atoms with van der Waals surface area (Å²) in [5, 5.41) is 49.0. The zero-order valence-corrected chi connectivity index (χ0v) is 44.9. The average molecular weight is 983 g/mol. The number of carbonyl (C=O) groups excluding carboxylic acids is 4. The first-order chi connectivity index (χ1) is 31.6. The highest BCUT2D eigenvalue weighted by Gasteiger charge is 2.44. The van der Waals surface area contributed by atoms with Crippen LogP contribution in [-0.2, 0) is 28.7 Å². The van der Waals surface area contributed by atoms with Crippen LogP contribution in [0.5, 0.6) is 0 Å². The first kappa shape index (κ1) is 58.7. The highest BCUT2D eigenvalue weighted by molar-refractivity contribution is 7.09. The Morgan fingerprint density at radius 3 is 1.26 bits per heavy atom. The summed E-state index contributed by atoms with van der Waals surface area (Å²) in [7, 11) is 0. The molecule has 14 heteroatoms. The summed E-state index contributed by atoms with van der Waals surface area (Å²) in [6.45, 7) is 25.7. The smallest absolute Gasteiger partial charge is 0.309 e. The van der Waals surface area contributed by atoms with Crippen LogP contribution in [-0.4, -0.2) is 90.5 Å². The Bertz CT molecular complexity index is 1980. The number of ether oxygens (including phenoxy) is 2. The van der Waals surface area contributed by atoms with E-state index in [1.807, 2.05) is 64.5 Å². The molecule has 0 unspecified atom stereocenters. The highest BCUT2D eigenvalue weighted by Crippen LogP contribution is 2.35. The van der Waals surface area contributed by atoms with Crippen molar-refractivity contribution in [3.63, 3.8) is 0 Å². The molecular formula is C54H82N2O10S2. The molecule has 4 heterocycles. The molecule has 0 radical (unpaired) electrons. The summed E-state index contributed by atoms with van der Waals surface area (Å²) >= 11 is 3.13. The van der Waals surface area contributed by atoms with Crippen molar-refractivity contribution < 1.29 is 49.1 Å². The molecule has 380 valence electrons. The Kier molecular flexibility index (Phi) is 22.9. The summed E-state index contributed by atoms with van der Waals surface area (Å²) in [6.07, 6.45) is 8.66. The van der Waals surface area contributed by atoms with Gasteiger partial charge in [-0.25, -0.2) is 9.97 Å². The number of rotatable bonds is 4. The number of allylic oxidation sites excluding steroid dienone is 2. The number of aromatic nitrogens is 2. The van der Waals surface area contributed by atoms with Gasteiger partial charge in [-0.2, -0.15) is 0 Å². The number of esters is 2. The number of carbonyl (C=O) groups is 4. The maximum Gasteiger partial charge on any atom is 0.309 e. The standard InChI is InChI=1S/2C27H41NO5S/c2*1-16-9-8-10-17(2)25(31)19(4)26(32)27(6,7)23(29)14-24(30)33-22(12-11-16)18(3)13-21-15-34-20(5)28-21/h2*11,13,15,17,19,22-23,25,29,31H,8-10,12,14H2,1-7H3/b2*16-11-,18-13+/t2*17-,19+,22-,23-,25-/m00/s1. The minimum Gasteiger partial charge on any atom is -0.457 e. The minimum absolute atomic E-state index is 0.0444. The van der Waals surface area contributed by atoms with Crippen LogP contribution in [0.25, 0.3) is 12.2 Å². The van der Waals surface area contributed by atoms with Gasteiger partial charge in [-0.3, -0.25) is 19.2 Å². The minimum atomic E-state index is -1.21. The van der Waals surface area contributed by atoms with Crippen LogP contribution in [0.3, 0.4) is 0 Å². The number of aryl methyl sites for hydroxylation is 2. The molecule has 0 aromatic carbocycles. The number of hydrogen-bond acceptors (Lipinski definition) is 14. The lowest BCUT2D eigenvalue weighted by Crippen LogP contribution is -2.45. The van der Waals surface area contributed by atoms with Gasteiger partial charge in [0.1, 0.15) is 23.8 Å². The second-order valence-electron chi connectivity index (χ2n) is 20.8. The Morgan fingerprint density at radius 2 is 0.956 bits per heavy atom. The maximum absolute atomic E-state index is 13.2. The molecule has 68 heavy (non-hydrogen) atoms. The Hall–Kier alpha value is -3.66. The van der Waals surface area contributed by atoms with Crippen molar-refractivity contribution in [1.29, 1.82) is 0 Å². The van der Waals surface area contributed by atoms with E-state index in [9.17, 15) is 39.6 Å². The van der Waals surface area contributed by atoms with E-state index in [4.69, 9.17) is 9.47 Å². The van der Waals surface area contributed by atoms with Gasteiger partial charge in [0.05, 0.1) is 69.5 Å². The fraction of sp³-hybridized carbons (Fsp3) is 0.667. The zero-order valence-electron chi connectivity index (χ0n) is 43.3. The van der Waals surface area contributed by atoms with Crippen molar-refractivity contribution in [1.82, 2.24) is 9.97 Å². The second kappa shape index (κ2) is 26.5. The van der Waals surface area contributed by atoms with Gasteiger partial charge in [-0.1, -0.05) is 78.7 Å². The van der Waals surface area contributed by atoms with E-state index in [-0.39, 0.29) is 36.2 Å². The Labute approximate surface area is 414 Å². The first-order valence-electron chi connectivity index (χ1n) is 24.4. The second-order valence-corrected chi connectivity index (χ2v) is 22.9. The molecule has 0 bridgehead atoms. The molecule has 4 N–H and O–H groups in total. The van der Waals surface area contributed by atoms with Gasteiger partial charge in [-0.05, 0) is 115 Å². The SMILES string of the molecule is C/C1=C/C[C@@H](/C(C)=C/c2csc(C)n2)OC(=O)C[C@H](O)C(C)(C)C(=O)[C@H](C)[C@@H](O)[C@@H](C)CCC1.C/C1=C/C[C@@H](/C(C)=C/c2csc(C)n2)OC(=O)C[C@H](O)C(C)(C)C(=O)[C@H](C)[C@@H](O)[C@@H](C)CCC1. The summed E-state index contributed by atoms with van der Waals surface area (Å²) in [5.74, 6) is -2.97. The van der Waals surface area contributed by atoms with Gasteiger partial charge in [0.25, 0.3) is 0 Å². The third-order valence-electron chi connectivity index (χ3n) is 14.1. The van der Waals surface area contributed by atoms with E-state index >= 15 is 0 Å². The van der Waals surface area contributed by atoms with Crippen LogP contribution in [0.1, 0.15) is 169 Å². The summed E-state index contributed by atoms with van der Waals surface area (Å²) in [4.78, 5) is 60.9. The normalized spacial score (nSPS) is 32.1. The lowest BCUT2D eigenvalue weighted by molar-refractivity contribution is -0.155. The van der Waals surface area contributed by atoms with Gasteiger partial charge in [0.2, 0.25) is 0 Å². The molecular weight excluding hydrogens is 901 g/mol. The Morgan fingerprint density at radius 1 is 0.618 bits per heavy atom. The molecule has 2 aliphatic heterocycles. The van der Waals surface area contributed by atoms with Gasteiger partial charge < -0.3 is 29.9 Å². The van der Waals surface area contributed by atoms with E-state index in [1.165, 1.54) is 11.1 Å². The van der Waals surface area contributed by atoms with Crippen LogP contribution >= 0.6 is 22.7 Å². The van der Waals surface area contributed by atoms with Crippen molar-refractivity contribution in [2.45, 2.75) is 198 Å². The van der Waals surface area contributed by atoms with Crippen molar-refractivity contribution >= 4 is 58.3 Å². The molecule has 2 aliphatic rings. The van der Waals surface area contributed by atoms with E-state index in [0.29, 0.717) is 12.8 Å². The van der Waals surface area contributed by atoms with Crippen LogP contribution < -0.4 is 0 Å². The van der Waals surface area contributed by atoms with Gasteiger partial charge in [0, 0.05) is 35.4 Å². The number of aliphatic hydroxyl groups excluding tert-OH is 4. The van der Waals surface area contributed by atoms with Crippen LogP contribution in [0, 0.1) is 48.3 Å². The maximum atomic E-state index is 13.2. The number of cyclic esters (lactones) is 2. The fourth-order valence-corrected chi connectivity index (χ4v) is 9.94. The van der Waals surface area contributed by atoms with Crippen molar-refractivity contribution in [2.24, 2.45) is 34.5 Å². The quantitative estimate of drug-likeness (QED) is 0.168. The van der Waals surface area contributed by atoms with Crippen molar-refractivity contribution in [3.8, 4) is 0 Å². The zero-order chi connectivity index (χ0) is 51.3. The number of nitrogens with zero attached hydrogens (tertiary/aromatic N) is 2. The lowest BCUT2D eigenvalue weighted by Gasteiger charge is -2.34. The van der Waals surface area contributed by atoms with E-state index in [0.717, 1.165) is 71.1 Å². The monoisotopic (exact) mass is 983 g/mol. The number of Topliss-reactive ketones (excluding diaryl/α,β-unsaturated/α-hetero) is 2. The van der Waals surface area contributed by atoms with E-state index in [2.05, 4.69) is 36.0 Å². The van der Waals surface area contributed by atoms with Crippen LogP contribution in [0.15, 0.2) is 45.2 Å². The first-order valence-corrected chi connectivity index (χ1v) is 26.1. The van der Waals surface area contributed by atoms with Crippen LogP contribution in [0.4, 0.5) is 0 Å². The predicted molar refractivity (Wildman–Crippen MR) is 273 cm³/mol. The highest BCUT2D eigenvalue weighted by atomic mass is 32.1. The summed E-state index contributed by atoms with van der Waals surface area (Å²) < 4.78 is 11.6. The number of ketones is 2. The third kappa shape index (κ3) is 17.3. The molecule has 0 saturated heterocycles. The lowest BCUT2D eigenvalue weighted by atomic mass is 9.73. The largest absolute Gasteiger partial charge is 0.457 e. The molecule has 0 spiro atoms. The van der Waals surface area contributed by atoms with Gasteiger partial charge in [0.15, 0.2) is 0 Å². The van der Waals surface area contributed by atoms with Crippen LogP contribution in [0.2, 0.25) is 0 Å². The van der Waals surface area contributed by atoms with E-state index < -0.39 is 71.2 Å². The van der Waals surface area contributed by atoms with E-state index in [1.54, 1.807) is 64.2 Å². The van der Waals surface area contributed by atoms with Crippen molar-refractivity contribution in [2.75, 3.05) is 0 Å². The topological polar surface area (TPSA) is 193 Å². The van der Waals surface area contributed by atoms with Crippen molar-refractivity contribution in [3.05, 3.63) is 66.6 Å². The molecule has 2 aromatic heterocycles. The van der Waals surface area contributed by atoms with Gasteiger partial charge in [-0.15, -0.1) is 22.7 Å². The molecule has 4 rings (SSSR count). The summed E-state index contributed by atoms with van der Waals surface area (Å²) in [6, 6.07) is 0. The molecule has 0 amide bonds. The number of aliphatic hydroxyl groups is 4. The summed E-state index contributed by atoms with van der Waals surface area (Å²) in [5.41, 5.74) is 3.42. The fourth-order valence-electron chi connectivity index (χ4n) is 8.80. The molecule has 2 aromatic rings. The van der Waals surface area contributed by atoms with Gasteiger partial charge >= 0.3 is 11.9 Å². The third-order valence-corrected chi connectivity index (χ3v) is 15.7. The molecule has 0 aliphatic carbocycles. The Balaban J connectivity index is 0.000000360. The average Bonchev–Trinajstić information content (AvgIpc) is 3.89. The molecule has 12 nitrogen and oxygen atoms in total. The predicted octanol–water partition coefficient (Wildman–Crippen LogP) is 10.5. The number of hydrogen-bond donors (Lipinski definition) is 4. The molecule has 0 saturated carbocycles. The molecule has 10 atom stereocenters.